The van der Waals surface area contributed by atoms with Gasteiger partial charge in [-0.1, -0.05) is 17.7 Å². The highest BCUT2D eigenvalue weighted by Crippen LogP contribution is 2.28. The maximum Gasteiger partial charge on any atom is 0.256 e. The summed E-state index contributed by atoms with van der Waals surface area (Å²) in [5, 5.41) is 0.238. The van der Waals surface area contributed by atoms with E-state index in [-0.39, 0.29) is 45.8 Å². The molecule has 2 aliphatic rings. The van der Waals surface area contributed by atoms with E-state index in [9.17, 15) is 25.3 Å². The van der Waals surface area contributed by atoms with Crippen molar-refractivity contribution in [3.63, 3.8) is 0 Å². The smallest absolute Gasteiger partial charge is 0.237 e. The second-order valence-electron chi connectivity index (χ2n) is 7.00. The molecule has 27 heavy (non-hydrogen) atoms. The maximum absolute atomic E-state index is 13.3. The second-order valence-corrected chi connectivity index (χ2v) is 13.7. The first-order valence-corrected chi connectivity index (χ1v) is 13.8. The summed E-state index contributed by atoms with van der Waals surface area (Å²) in [6, 6.07) is 3.06. The van der Waals surface area contributed by atoms with Crippen molar-refractivity contribution in [1.29, 1.82) is 0 Å². The predicted molar refractivity (Wildman–Crippen MR) is 102 cm³/mol. The summed E-state index contributed by atoms with van der Waals surface area (Å²) in [6.07, 6.45) is 0.413. The summed E-state index contributed by atoms with van der Waals surface area (Å²) < 4.78 is 74.9. The molecular formula is C15H21ClN2O6S3. The molecule has 1 N–H and O–H groups in total. The lowest BCUT2D eigenvalue weighted by molar-refractivity contribution is 0.229. The van der Waals surface area contributed by atoms with E-state index in [4.69, 9.17) is 11.6 Å². The molecule has 0 bridgehead atoms. The van der Waals surface area contributed by atoms with E-state index in [0.29, 0.717) is 5.56 Å². The van der Waals surface area contributed by atoms with E-state index < -0.39 is 41.8 Å². The van der Waals surface area contributed by atoms with E-state index in [1.807, 2.05) is 0 Å². The van der Waals surface area contributed by atoms with Gasteiger partial charge in [-0.3, -0.25) is 0 Å². The number of halogens is 1. The van der Waals surface area contributed by atoms with Gasteiger partial charge in [-0.25, -0.2) is 30.7 Å². The monoisotopic (exact) mass is 456 g/mol. The zero-order chi connectivity index (χ0) is 20.0. The van der Waals surface area contributed by atoms with E-state index in [1.165, 1.54) is 6.07 Å². The predicted octanol–water partition coefficient (Wildman–Crippen LogP) is 0.518. The molecule has 1 aromatic carbocycles. The van der Waals surface area contributed by atoms with Gasteiger partial charge >= 0.3 is 0 Å². The van der Waals surface area contributed by atoms with Crippen LogP contribution in [0.15, 0.2) is 23.1 Å². The number of benzene rings is 1. The minimum absolute atomic E-state index is 0.0300. The SMILES string of the molecule is Cc1ccc(Cl)cc1S(=O)(=O)N(N[C@H]1CCS(=O)(=O)C1)[C@@H]1CCS(=O)(=O)C1. The van der Waals surface area contributed by atoms with Crippen molar-refractivity contribution in [2.75, 3.05) is 23.0 Å². The zero-order valence-electron chi connectivity index (χ0n) is 14.6. The molecule has 2 fully saturated rings. The molecule has 2 heterocycles. The molecule has 0 radical (unpaired) electrons. The summed E-state index contributed by atoms with van der Waals surface area (Å²) in [5.74, 6) is -0.633. The number of hydrazine groups is 1. The van der Waals surface area contributed by atoms with Crippen molar-refractivity contribution in [3.8, 4) is 0 Å². The van der Waals surface area contributed by atoms with Crippen molar-refractivity contribution in [3.05, 3.63) is 28.8 Å². The lowest BCUT2D eigenvalue weighted by Crippen LogP contribution is -2.54. The number of rotatable bonds is 5. The van der Waals surface area contributed by atoms with Crippen LogP contribution in [0, 0.1) is 6.92 Å². The number of nitrogens with one attached hydrogen (secondary N) is 1. The van der Waals surface area contributed by atoms with Crippen molar-refractivity contribution in [2.45, 2.75) is 36.7 Å². The topological polar surface area (TPSA) is 118 Å². The Morgan fingerprint density at radius 1 is 1.07 bits per heavy atom. The van der Waals surface area contributed by atoms with Crippen LogP contribution in [0.5, 0.6) is 0 Å². The summed E-state index contributed by atoms with van der Waals surface area (Å²) >= 11 is 5.96. The second kappa shape index (κ2) is 7.27. The number of nitrogens with zero attached hydrogens (tertiary/aromatic N) is 1. The average Bonchev–Trinajstić information content (AvgIpc) is 3.08. The van der Waals surface area contributed by atoms with Gasteiger partial charge < -0.3 is 0 Å². The number of hydrogen-bond donors (Lipinski definition) is 1. The van der Waals surface area contributed by atoms with Gasteiger partial charge in [-0.2, -0.15) is 0 Å². The van der Waals surface area contributed by atoms with Crippen molar-refractivity contribution < 1.29 is 25.3 Å². The summed E-state index contributed by atoms with van der Waals surface area (Å²) in [5.41, 5.74) is 3.26. The number of sulfone groups is 2. The van der Waals surface area contributed by atoms with Crippen LogP contribution in [-0.4, -0.2) is 64.8 Å². The highest BCUT2D eigenvalue weighted by atomic mass is 35.5. The third-order valence-corrected chi connectivity index (χ3v) is 10.4. The average molecular weight is 457 g/mol. The molecule has 0 aromatic heterocycles. The molecule has 0 unspecified atom stereocenters. The standard InChI is InChI=1S/C15H21ClN2O6S3/c1-11-2-3-12(16)8-15(11)27(23,24)18(14-5-7-26(21,22)10-14)17-13-4-6-25(19,20)9-13/h2-3,8,13-14,17H,4-7,9-10H2,1H3/t13-,14+/m0/s1. The Labute approximate surface area is 164 Å². The summed E-state index contributed by atoms with van der Waals surface area (Å²) in [4.78, 5) is -0.0346. The third kappa shape index (κ3) is 4.65. The molecule has 2 aliphatic heterocycles. The Balaban J connectivity index is 1.99. The van der Waals surface area contributed by atoms with Crippen molar-refractivity contribution in [1.82, 2.24) is 9.84 Å². The fourth-order valence-electron chi connectivity index (χ4n) is 3.37. The van der Waals surface area contributed by atoms with Gasteiger partial charge in [-0.05, 0) is 37.5 Å². The number of sulfonamides is 1. The minimum atomic E-state index is -4.13. The number of hydrogen-bond acceptors (Lipinski definition) is 7. The molecule has 12 heteroatoms. The summed E-state index contributed by atoms with van der Waals surface area (Å²) in [7, 11) is -10.7. The zero-order valence-corrected chi connectivity index (χ0v) is 17.8. The number of aryl methyl sites for hydroxylation is 1. The quantitative estimate of drug-likeness (QED) is 0.641. The normalized spacial score (nSPS) is 27.2. The highest BCUT2D eigenvalue weighted by molar-refractivity contribution is 7.92. The van der Waals surface area contributed by atoms with Crippen molar-refractivity contribution in [2.24, 2.45) is 0 Å². The molecule has 0 saturated carbocycles. The van der Waals surface area contributed by atoms with Gasteiger partial charge in [0.25, 0.3) is 10.0 Å². The van der Waals surface area contributed by atoms with Crippen LogP contribution < -0.4 is 5.43 Å². The largest absolute Gasteiger partial charge is 0.256 e. The van der Waals surface area contributed by atoms with E-state index in [0.717, 1.165) is 4.41 Å². The molecule has 8 nitrogen and oxygen atoms in total. The van der Waals surface area contributed by atoms with Crippen LogP contribution >= 0.6 is 11.6 Å². The van der Waals surface area contributed by atoms with E-state index >= 15 is 0 Å². The van der Waals surface area contributed by atoms with Gasteiger partial charge in [0, 0.05) is 11.1 Å². The van der Waals surface area contributed by atoms with Crippen LogP contribution in [0.2, 0.25) is 5.02 Å². The van der Waals surface area contributed by atoms with Crippen LogP contribution in [0.1, 0.15) is 18.4 Å². The molecule has 3 rings (SSSR count). The van der Waals surface area contributed by atoms with Gasteiger partial charge in [0.15, 0.2) is 19.7 Å². The fraction of sp³-hybridized carbons (Fsp3) is 0.600. The first-order valence-electron chi connectivity index (χ1n) is 8.37. The van der Waals surface area contributed by atoms with Crippen LogP contribution in [0.25, 0.3) is 0 Å². The molecule has 2 atom stereocenters. The minimum Gasteiger partial charge on any atom is -0.237 e. The molecule has 0 amide bonds. The van der Waals surface area contributed by atoms with Gasteiger partial charge in [0.1, 0.15) is 0 Å². The maximum atomic E-state index is 13.3. The molecule has 2 saturated heterocycles. The first-order chi connectivity index (χ1) is 12.4. The van der Waals surface area contributed by atoms with E-state index in [1.54, 1.807) is 19.1 Å². The van der Waals surface area contributed by atoms with Crippen molar-refractivity contribution >= 4 is 41.3 Å². The van der Waals surface area contributed by atoms with Crippen LogP contribution in [0.4, 0.5) is 0 Å². The Bertz CT molecular complexity index is 1050. The molecule has 1 aromatic rings. The molecule has 152 valence electrons. The Morgan fingerprint density at radius 3 is 2.26 bits per heavy atom. The van der Waals surface area contributed by atoms with Gasteiger partial charge in [0.05, 0.1) is 33.9 Å². The fourth-order valence-corrected chi connectivity index (χ4v) is 8.88. The highest BCUT2D eigenvalue weighted by Gasteiger charge is 2.42. The Kier molecular flexibility index (Phi) is 5.65. The van der Waals surface area contributed by atoms with Crippen LogP contribution in [0.3, 0.4) is 0 Å². The first kappa shape index (κ1) is 21.0. The summed E-state index contributed by atoms with van der Waals surface area (Å²) in [6.45, 7) is 1.62. The lowest BCUT2D eigenvalue weighted by Gasteiger charge is -2.31. The van der Waals surface area contributed by atoms with Crippen LogP contribution in [-0.2, 0) is 29.7 Å². The Morgan fingerprint density at radius 2 is 1.70 bits per heavy atom. The lowest BCUT2D eigenvalue weighted by atomic mass is 10.2. The Hall–Kier alpha value is -0.720. The molecular weight excluding hydrogens is 436 g/mol. The van der Waals surface area contributed by atoms with E-state index in [2.05, 4.69) is 5.43 Å². The molecule has 0 aliphatic carbocycles. The van der Waals surface area contributed by atoms with Gasteiger partial charge in [-0.15, -0.1) is 4.41 Å². The molecule has 0 spiro atoms. The van der Waals surface area contributed by atoms with Gasteiger partial charge in [0.2, 0.25) is 0 Å². The third-order valence-electron chi connectivity index (χ3n) is 4.77.